The fourth-order valence-electron chi connectivity index (χ4n) is 3.49. The minimum atomic E-state index is -0.519. The van der Waals surface area contributed by atoms with Gasteiger partial charge in [0.2, 0.25) is 17.7 Å². The fraction of sp³-hybridized carbons (Fsp3) is 0.400. The summed E-state index contributed by atoms with van der Waals surface area (Å²) in [6.45, 7) is 1.98. The first-order chi connectivity index (χ1) is 13.0. The Morgan fingerprint density at radius 2 is 1.74 bits per heavy atom. The van der Waals surface area contributed by atoms with Crippen LogP contribution in [0.3, 0.4) is 0 Å². The Kier molecular flexibility index (Phi) is 5.69. The minimum Gasteiger partial charge on any atom is -0.462 e. The third-order valence-corrected chi connectivity index (χ3v) is 4.86. The number of fused-ring (bicyclic) bond motifs is 1. The van der Waals surface area contributed by atoms with Crippen molar-refractivity contribution in [3.8, 4) is 0 Å². The molecule has 7 heteroatoms. The van der Waals surface area contributed by atoms with Crippen molar-refractivity contribution >= 4 is 29.4 Å². The van der Waals surface area contributed by atoms with Gasteiger partial charge < -0.3 is 10.1 Å². The lowest BCUT2D eigenvalue weighted by atomic mass is 9.85. The summed E-state index contributed by atoms with van der Waals surface area (Å²) in [5.41, 5.74) is 0.607. The van der Waals surface area contributed by atoms with Crippen molar-refractivity contribution in [3.05, 3.63) is 42.0 Å². The smallest absolute Gasteiger partial charge is 0.340 e. The summed E-state index contributed by atoms with van der Waals surface area (Å²) in [5.74, 6) is -1.89. The average molecular weight is 370 g/mol. The number of allylic oxidation sites excluding steroid dienone is 2. The maximum Gasteiger partial charge on any atom is 0.340 e. The molecule has 0 saturated carbocycles. The Labute approximate surface area is 157 Å². The Morgan fingerprint density at radius 3 is 2.37 bits per heavy atom. The van der Waals surface area contributed by atoms with Crippen molar-refractivity contribution in [1.82, 2.24) is 4.90 Å². The van der Waals surface area contributed by atoms with Crippen LogP contribution in [0.5, 0.6) is 0 Å². The average Bonchev–Trinajstić information content (AvgIpc) is 2.91. The van der Waals surface area contributed by atoms with Crippen molar-refractivity contribution in [3.63, 3.8) is 0 Å². The number of amides is 3. The van der Waals surface area contributed by atoms with Crippen molar-refractivity contribution in [2.45, 2.75) is 26.2 Å². The van der Waals surface area contributed by atoms with E-state index in [9.17, 15) is 19.2 Å². The molecule has 0 spiro atoms. The fourth-order valence-corrected chi connectivity index (χ4v) is 3.49. The first-order valence-corrected chi connectivity index (χ1v) is 9.09. The molecular formula is C20H22N2O5. The van der Waals surface area contributed by atoms with E-state index in [4.69, 9.17) is 4.74 Å². The molecule has 3 rings (SSSR count). The summed E-state index contributed by atoms with van der Waals surface area (Å²) in [7, 11) is 0. The van der Waals surface area contributed by atoms with Gasteiger partial charge in [0, 0.05) is 13.0 Å². The molecule has 1 aliphatic heterocycles. The zero-order valence-electron chi connectivity index (χ0n) is 15.1. The summed E-state index contributed by atoms with van der Waals surface area (Å²) in [4.78, 5) is 50.3. The molecule has 1 aromatic rings. The lowest BCUT2D eigenvalue weighted by Crippen LogP contribution is -2.34. The van der Waals surface area contributed by atoms with Crippen LogP contribution >= 0.6 is 0 Å². The molecule has 1 aromatic carbocycles. The second kappa shape index (κ2) is 8.16. The van der Waals surface area contributed by atoms with E-state index in [1.807, 2.05) is 12.2 Å². The number of nitrogens with one attached hydrogen (secondary N) is 1. The normalized spacial score (nSPS) is 21.1. The molecule has 142 valence electrons. The van der Waals surface area contributed by atoms with Gasteiger partial charge in [-0.25, -0.2) is 4.79 Å². The van der Waals surface area contributed by atoms with Crippen molar-refractivity contribution in [1.29, 1.82) is 0 Å². The number of esters is 1. The number of ether oxygens (including phenoxy) is 1. The lowest BCUT2D eigenvalue weighted by Gasteiger charge is -2.15. The third kappa shape index (κ3) is 3.92. The standard InChI is InChI=1S/C20H22N2O5/c1-2-27-20(26)15-9-5-6-10-16(15)21-17(23)11-12-22-18(24)13-7-3-4-8-14(13)19(22)25/h3-6,9-10,13-14H,2,7-8,11-12H2,1H3,(H,21,23). The Balaban J connectivity index is 1.60. The third-order valence-electron chi connectivity index (χ3n) is 4.86. The second-order valence-electron chi connectivity index (χ2n) is 6.55. The molecular weight excluding hydrogens is 348 g/mol. The number of rotatable bonds is 6. The zero-order chi connectivity index (χ0) is 19.4. The van der Waals surface area contributed by atoms with Gasteiger partial charge in [0.1, 0.15) is 0 Å². The summed E-state index contributed by atoms with van der Waals surface area (Å²) < 4.78 is 4.98. The second-order valence-corrected chi connectivity index (χ2v) is 6.55. The highest BCUT2D eigenvalue weighted by Gasteiger charge is 2.46. The topological polar surface area (TPSA) is 92.8 Å². The molecule has 2 unspecified atom stereocenters. The van der Waals surface area contributed by atoms with Crippen molar-refractivity contribution in [2.75, 3.05) is 18.5 Å². The van der Waals surface area contributed by atoms with Gasteiger partial charge >= 0.3 is 5.97 Å². The SMILES string of the molecule is CCOC(=O)c1ccccc1NC(=O)CCN1C(=O)C2CC=CCC2C1=O. The van der Waals surface area contributed by atoms with Gasteiger partial charge in [-0.05, 0) is 31.9 Å². The van der Waals surface area contributed by atoms with E-state index in [0.29, 0.717) is 18.5 Å². The van der Waals surface area contributed by atoms with E-state index < -0.39 is 5.97 Å². The van der Waals surface area contributed by atoms with Crippen LogP contribution in [0.1, 0.15) is 36.5 Å². The highest BCUT2D eigenvalue weighted by molar-refractivity contribution is 6.06. The van der Waals surface area contributed by atoms with Crippen LogP contribution in [0, 0.1) is 11.8 Å². The number of nitrogens with zero attached hydrogens (tertiary/aromatic N) is 1. The van der Waals surface area contributed by atoms with E-state index >= 15 is 0 Å². The van der Waals surface area contributed by atoms with Gasteiger partial charge in [-0.1, -0.05) is 24.3 Å². The molecule has 2 aliphatic rings. The van der Waals surface area contributed by atoms with E-state index in [1.165, 1.54) is 4.90 Å². The van der Waals surface area contributed by atoms with Crippen LogP contribution in [0.4, 0.5) is 5.69 Å². The number of carbonyl (C=O) groups is 4. The lowest BCUT2D eigenvalue weighted by molar-refractivity contribution is -0.140. The molecule has 1 heterocycles. The number of carbonyl (C=O) groups excluding carboxylic acids is 4. The largest absolute Gasteiger partial charge is 0.462 e. The van der Waals surface area contributed by atoms with Gasteiger partial charge in [-0.2, -0.15) is 0 Å². The first kappa shape index (κ1) is 18.8. The highest BCUT2D eigenvalue weighted by atomic mass is 16.5. The predicted octanol–water partition coefficient (Wildman–Crippen LogP) is 2.14. The predicted molar refractivity (Wildman–Crippen MR) is 97.7 cm³/mol. The quantitative estimate of drug-likeness (QED) is 0.470. The van der Waals surface area contributed by atoms with E-state index in [0.717, 1.165) is 0 Å². The summed E-state index contributed by atoms with van der Waals surface area (Å²) >= 11 is 0. The molecule has 2 atom stereocenters. The maximum absolute atomic E-state index is 12.4. The Hall–Kier alpha value is -2.96. The molecule has 0 bridgehead atoms. The van der Waals surface area contributed by atoms with Crippen LogP contribution in [0.2, 0.25) is 0 Å². The summed E-state index contributed by atoms with van der Waals surface area (Å²) in [6, 6.07) is 6.55. The molecule has 3 amide bonds. The number of para-hydroxylation sites is 1. The van der Waals surface area contributed by atoms with Crippen LogP contribution in [-0.4, -0.2) is 41.7 Å². The van der Waals surface area contributed by atoms with E-state index in [-0.39, 0.29) is 54.7 Å². The van der Waals surface area contributed by atoms with Gasteiger partial charge in [0.25, 0.3) is 0 Å². The maximum atomic E-state index is 12.4. The molecule has 7 nitrogen and oxygen atoms in total. The van der Waals surface area contributed by atoms with Gasteiger partial charge in [-0.3, -0.25) is 19.3 Å². The number of benzene rings is 1. The van der Waals surface area contributed by atoms with Crippen LogP contribution < -0.4 is 5.32 Å². The molecule has 1 fully saturated rings. The number of hydrogen-bond donors (Lipinski definition) is 1. The zero-order valence-corrected chi connectivity index (χ0v) is 15.1. The number of imide groups is 1. The molecule has 1 N–H and O–H groups in total. The summed E-state index contributed by atoms with van der Waals surface area (Å²) in [5, 5.41) is 2.66. The molecule has 0 radical (unpaired) electrons. The molecule has 27 heavy (non-hydrogen) atoms. The van der Waals surface area contributed by atoms with Gasteiger partial charge in [-0.15, -0.1) is 0 Å². The van der Waals surface area contributed by atoms with Crippen LogP contribution in [0.25, 0.3) is 0 Å². The van der Waals surface area contributed by atoms with Gasteiger partial charge in [0.15, 0.2) is 0 Å². The molecule has 1 saturated heterocycles. The van der Waals surface area contributed by atoms with Crippen molar-refractivity contribution in [2.24, 2.45) is 11.8 Å². The Bertz CT molecular complexity index is 775. The highest BCUT2D eigenvalue weighted by Crippen LogP contribution is 2.35. The van der Waals surface area contributed by atoms with Crippen LogP contribution in [-0.2, 0) is 19.1 Å². The summed E-state index contributed by atoms with van der Waals surface area (Å²) in [6.07, 6.45) is 4.97. The number of hydrogen-bond acceptors (Lipinski definition) is 5. The number of anilines is 1. The number of likely N-dealkylation sites (tertiary alicyclic amines) is 1. The molecule has 1 aliphatic carbocycles. The molecule has 0 aromatic heterocycles. The monoisotopic (exact) mass is 370 g/mol. The van der Waals surface area contributed by atoms with E-state index in [2.05, 4.69) is 5.32 Å². The Morgan fingerprint density at radius 1 is 1.11 bits per heavy atom. The van der Waals surface area contributed by atoms with Gasteiger partial charge in [0.05, 0.1) is 29.7 Å². The minimum absolute atomic E-state index is 0.0263. The van der Waals surface area contributed by atoms with E-state index in [1.54, 1.807) is 31.2 Å². The van der Waals surface area contributed by atoms with Crippen LogP contribution in [0.15, 0.2) is 36.4 Å². The van der Waals surface area contributed by atoms with Crippen molar-refractivity contribution < 1.29 is 23.9 Å². The first-order valence-electron chi connectivity index (χ1n) is 9.09.